The van der Waals surface area contributed by atoms with Crippen molar-refractivity contribution in [3.05, 3.63) is 11.6 Å². The molecule has 74 valence electrons. The van der Waals surface area contributed by atoms with E-state index in [0.29, 0.717) is 0 Å². The zero-order valence-corrected chi connectivity index (χ0v) is 7.19. The summed E-state index contributed by atoms with van der Waals surface area (Å²) in [6.07, 6.45) is -3.25. The van der Waals surface area contributed by atoms with E-state index in [1.807, 2.05) is 0 Å². The van der Waals surface area contributed by atoms with Gasteiger partial charge in [0.15, 0.2) is 0 Å². The minimum absolute atomic E-state index is 0.0736. The van der Waals surface area contributed by atoms with Gasteiger partial charge in [0, 0.05) is 25.6 Å². The number of amides is 1. The molecule has 0 saturated heterocycles. The number of carbonyl (C=O) groups is 1. The number of carbonyl (C=O) groups excluding carboxylic acids is 1. The monoisotopic (exact) mass is 193 g/mol. The molecular weight excluding hydrogens is 183 g/mol. The fourth-order valence-electron chi connectivity index (χ4n) is 1.21. The van der Waals surface area contributed by atoms with Gasteiger partial charge in [0.2, 0.25) is 5.91 Å². The molecule has 1 amide bonds. The largest absolute Gasteiger partial charge is 0.412 e. The highest BCUT2D eigenvalue weighted by Gasteiger charge is 2.34. The first-order chi connectivity index (χ1) is 5.91. The van der Waals surface area contributed by atoms with Gasteiger partial charge in [-0.1, -0.05) is 6.08 Å². The first kappa shape index (κ1) is 10.1. The summed E-state index contributed by atoms with van der Waals surface area (Å²) >= 11 is 0. The van der Waals surface area contributed by atoms with Crippen molar-refractivity contribution in [2.75, 3.05) is 13.1 Å². The molecule has 1 aliphatic rings. The van der Waals surface area contributed by atoms with Crippen molar-refractivity contribution in [1.29, 1.82) is 0 Å². The van der Waals surface area contributed by atoms with Crippen LogP contribution >= 0.6 is 0 Å². The normalized spacial score (nSPS) is 18.5. The van der Waals surface area contributed by atoms with E-state index in [4.69, 9.17) is 0 Å². The third-order valence-electron chi connectivity index (χ3n) is 2.02. The molecule has 0 aromatic heterocycles. The Kier molecular flexibility index (Phi) is 2.63. The van der Waals surface area contributed by atoms with Gasteiger partial charge in [0.1, 0.15) is 0 Å². The molecule has 1 rings (SSSR count). The summed E-state index contributed by atoms with van der Waals surface area (Å²) in [5.74, 6) is -0.183. The minimum atomic E-state index is -4.23. The summed E-state index contributed by atoms with van der Waals surface area (Å²) in [6, 6.07) is 0. The van der Waals surface area contributed by atoms with E-state index in [0.717, 1.165) is 6.08 Å². The first-order valence-corrected chi connectivity index (χ1v) is 3.93. The van der Waals surface area contributed by atoms with E-state index >= 15 is 0 Å². The van der Waals surface area contributed by atoms with Gasteiger partial charge in [-0.25, -0.2) is 0 Å². The quantitative estimate of drug-likeness (QED) is 0.536. The Morgan fingerprint density at radius 3 is 2.46 bits per heavy atom. The second-order valence-electron chi connectivity index (χ2n) is 2.94. The standard InChI is InChI=1S/C8H10F3NO/c1-6(13)12-4-2-7(3-5-12)8(9,10)11/h2H,3-5H2,1H3. The van der Waals surface area contributed by atoms with Crippen molar-refractivity contribution in [2.45, 2.75) is 19.5 Å². The zero-order valence-electron chi connectivity index (χ0n) is 7.19. The van der Waals surface area contributed by atoms with Crippen LogP contribution in [0.4, 0.5) is 13.2 Å². The van der Waals surface area contributed by atoms with Crippen LogP contribution in [0.25, 0.3) is 0 Å². The Balaban J connectivity index is 2.63. The number of hydrogen-bond acceptors (Lipinski definition) is 1. The number of rotatable bonds is 0. The molecule has 0 atom stereocenters. The Morgan fingerprint density at radius 2 is 2.15 bits per heavy atom. The smallest absolute Gasteiger partial charge is 0.339 e. The maximum atomic E-state index is 12.1. The highest BCUT2D eigenvalue weighted by molar-refractivity contribution is 5.73. The van der Waals surface area contributed by atoms with Gasteiger partial charge in [-0.3, -0.25) is 4.79 Å². The van der Waals surface area contributed by atoms with E-state index in [1.165, 1.54) is 11.8 Å². The van der Waals surface area contributed by atoms with Crippen LogP contribution in [-0.4, -0.2) is 30.1 Å². The van der Waals surface area contributed by atoms with Crippen molar-refractivity contribution < 1.29 is 18.0 Å². The molecule has 0 radical (unpaired) electrons. The van der Waals surface area contributed by atoms with Crippen molar-refractivity contribution in [3.8, 4) is 0 Å². The van der Waals surface area contributed by atoms with Crippen LogP contribution in [0, 0.1) is 0 Å². The Bertz CT molecular complexity index is 244. The van der Waals surface area contributed by atoms with Crippen LogP contribution < -0.4 is 0 Å². The average molecular weight is 193 g/mol. The van der Waals surface area contributed by atoms with Crippen LogP contribution in [0.5, 0.6) is 0 Å². The van der Waals surface area contributed by atoms with Crippen molar-refractivity contribution in [3.63, 3.8) is 0 Å². The molecule has 0 bridgehead atoms. The number of hydrogen-bond donors (Lipinski definition) is 0. The topological polar surface area (TPSA) is 20.3 Å². The fourth-order valence-corrected chi connectivity index (χ4v) is 1.21. The highest BCUT2D eigenvalue weighted by atomic mass is 19.4. The minimum Gasteiger partial charge on any atom is -0.339 e. The number of halogens is 3. The van der Waals surface area contributed by atoms with Crippen LogP contribution in [0.2, 0.25) is 0 Å². The van der Waals surface area contributed by atoms with Crippen LogP contribution in [0.3, 0.4) is 0 Å². The molecule has 0 unspecified atom stereocenters. The Morgan fingerprint density at radius 1 is 1.54 bits per heavy atom. The molecule has 0 aromatic carbocycles. The van der Waals surface area contributed by atoms with Crippen LogP contribution in [0.1, 0.15) is 13.3 Å². The third kappa shape index (κ3) is 2.47. The SMILES string of the molecule is CC(=O)N1CC=C(C(F)(F)F)CC1. The van der Waals surface area contributed by atoms with Crippen LogP contribution in [0.15, 0.2) is 11.6 Å². The Labute approximate surface area is 74.0 Å². The van der Waals surface area contributed by atoms with E-state index in [-0.39, 0.29) is 25.4 Å². The van der Waals surface area contributed by atoms with Gasteiger partial charge >= 0.3 is 6.18 Å². The van der Waals surface area contributed by atoms with Gasteiger partial charge in [-0.15, -0.1) is 0 Å². The maximum absolute atomic E-state index is 12.1. The molecule has 1 heterocycles. The molecule has 13 heavy (non-hydrogen) atoms. The number of nitrogens with zero attached hydrogens (tertiary/aromatic N) is 1. The van der Waals surface area contributed by atoms with Gasteiger partial charge in [-0.05, 0) is 6.42 Å². The summed E-state index contributed by atoms with van der Waals surface area (Å²) in [6.45, 7) is 1.59. The average Bonchev–Trinajstić information content (AvgIpc) is 2.03. The summed E-state index contributed by atoms with van der Waals surface area (Å²) < 4.78 is 36.3. The zero-order chi connectivity index (χ0) is 10.1. The summed E-state index contributed by atoms with van der Waals surface area (Å²) in [5.41, 5.74) is -0.523. The highest BCUT2D eigenvalue weighted by Crippen LogP contribution is 2.29. The van der Waals surface area contributed by atoms with Crippen molar-refractivity contribution in [1.82, 2.24) is 4.90 Å². The van der Waals surface area contributed by atoms with Crippen LogP contribution in [-0.2, 0) is 4.79 Å². The molecule has 0 aromatic rings. The predicted octanol–water partition coefficient (Wildman–Crippen LogP) is 1.73. The molecule has 5 heteroatoms. The van der Waals surface area contributed by atoms with E-state index in [1.54, 1.807) is 0 Å². The predicted molar refractivity (Wildman–Crippen MR) is 41.0 cm³/mol. The molecule has 0 fully saturated rings. The molecule has 0 saturated carbocycles. The lowest BCUT2D eigenvalue weighted by molar-refractivity contribution is -0.129. The van der Waals surface area contributed by atoms with Gasteiger partial charge in [0.25, 0.3) is 0 Å². The molecule has 0 aliphatic carbocycles. The third-order valence-corrected chi connectivity index (χ3v) is 2.02. The number of alkyl halides is 3. The van der Waals surface area contributed by atoms with Gasteiger partial charge in [-0.2, -0.15) is 13.2 Å². The summed E-state index contributed by atoms with van der Waals surface area (Å²) in [4.78, 5) is 12.2. The molecular formula is C8H10F3NO. The summed E-state index contributed by atoms with van der Waals surface area (Å²) in [5, 5.41) is 0. The molecule has 0 N–H and O–H groups in total. The van der Waals surface area contributed by atoms with Gasteiger partial charge < -0.3 is 4.90 Å². The lowest BCUT2D eigenvalue weighted by Gasteiger charge is -2.26. The lowest BCUT2D eigenvalue weighted by atomic mass is 10.1. The van der Waals surface area contributed by atoms with E-state index in [9.17, 15) is 18.0 Å². The van der Waals surface area contributed by atoms with E-state index < -0.39 is 11.7 Å². The Hall–Kier alpha value is -1.00. The van der Waals surface area contributed by atoms with Crippen molar-refractivity contribution in [2.24, 2.45) is 0 Å². The van der Waals surface area contributed by atoms with Gasteiger partial charge in [0.05, 0.1) is 0 Å². The molecule has 1 aliphatic heterocycles. The second-order valence-corrected chi connectivity index (χ2v) is 2.94. The molecule has 2 nitrogen and oxygen atoms in total. The van der Waals surface area contributed by atoms with Crippen molar-refractivity contribution >= 4 is 5.91 Å². The molecule has 0 spiro atoms. The maximum Gasteiger partial charge on any atom is 0.412 e. The fraction of sp³-hybridized carbons (Fsp3) is 0.625. The first-order valence-electron chi connectivity index (χ1n) is 3.93. The second kappa shape index (κ2) is 3.40. The lowest BCUT2D eigenvalue weighted by Crippen LogP contribution is -2.35. The summed E-state index contributed by atoms with van der Waals surface area (Å²) in [7, 11) is 0. The van der Waals surface area contributed by atoms with E-state index in [2.05, 4.69) is 0 Å².